The van der Waals surface area contributed by atoms with E-state index in [1.807, 2.05) is 30.5 Å². The van der Waals surface area contributed by atoms with E-state index in [1.54, 1.807) is 6.20 Å². The lowest BCUT2D eigenvalue weighted by atomic mass is 10.0. The molecule has 0 bridgehead atoms. The van der Waals surface area contributed by atoms with E-state index in [9.17, 15) is 0 Å². The summed E-state index contributed by atoms with van der Waals surface area (Å²) in [6.07, 6.45) is 3.58. The van der Waals surface area contributed by atoms with Gasteiger partial charge in [-0.3, -0.25) is 4.98 Å². The number of nitrogens with zero attached hydrogens (tertiary/aromatic N) is 1. The molecule has 1 heterocycles. The fourth-order valence-electron chi connectivity index (χ4n) is 1.44. The molecule has 0 atom stereocenters. The van der Waals surface area contributed by atoms with Gasteiger partial charge in [0.05, 0.1) is 0 Å². The molecule has 2 heteroatoms. The minimum atomic E-state index is 0.795. The quantitative estimate of drug-likeness (QED) is 0.692. The molecule has 70 valence electrons. The van der Waals surface area contributed by atoms with Crippen molar-refractivity contribution in [2.75, 3.05) is 5.73 Å². The molecule has 0 aliphatic carbocycles. The number of hydrogen-bond donors (Lipinski definition) is 1. The SMILES string of the molecule is Cc1ccc(N)c(-c2cccnc2)c1. The van der Waals surface area contributed by atoms with Crippen molar-refractivity contribution < 1.29 is 0 Å². The third-order valence-corrected chi connectivity index (χ3v) is 2.18. The Labute approximate surface area is 83.4 Å². The highest BCUT2D eigenvalue weighted by Crippen LogP contribution is 2.25. The number of aryl methyl sites for hydroxylation is 1. The molecule has 2 nitrogen and oxygen atoms in total. The third kappa shape index (κ3) is 1.59. The van der Waals surface area contributed by atoms with Gasteiger partial charge in [0.1, 0.15) is 0 Å². The summed E-state index contributed by atoms with van der Waals surface area (Å²) in [6.45, 7) is 2.05. The summed E-state index contributed by atoms with van der Waals surface area (Å²) in [6, 6.07) is 9.94. The first-order valence-corrected chi connectivity index (χ1v) is 4.54. The molecule has 0 saturated carbocycles. The van der Waals surface area contributed by atoms with Crippen LogP contribution >= 0.6 is 0 Å². The highest BCUT2D eigenvalue weighted by molar-refractivity contribution is 5.76. The van der Waals surface area contributed by atoms with Gasteiger partial charge >= 0.3 is 0 Å². The topological polar surface area (TPSA) is 38.9 Å². The normalized spacial score (nSPS) is 10.1. The van der Waals surface area contributed by atoms with Gasteiger partial charge in [0.2, 0.25) is 0 Å². The first kappa shape index (κ1) is 8.75. The molecule has 0 radical (unpaired) electrons. The van der Waals surface area contributed by atoms with Crippen molar-refractivity contribution in [3.05, 3.63) is 48.3 Å². The van der Waals surface area contributed by atoms with Crippen LogP contribution in [0.5, 0.6) is 0 Å². The lowest BCUT2D eigenvalue weighted by Gasteiger charge is -2.05. The van der Waals surface area contributed by atoms with Gasteiger partial charge in [-0.05, 0) is 25.1 Å². The molecule has 0 aliphatic rings. The average Bonchev–Trinajstić information content (AvgIpc) is 2.23. The number of nitrogen functional groups attached to an aromatic ring is 1. The summed E-state index contributed by atoms with van der Waals surface area (Å²) in [5.41, 5.74) is 10.0. The van der Waals surface area contributed by atoms with Crippen molar-refractivity contribution in [2.24, 2.45) is 0 Å². The Kier molecular flexibility index (Phi) is 2.19. The predicted octanol–water partition coefficient (Wildman–Crippen LogP) is 2.64. The first-order chi connectivity index (χ1) is 6.77. The summed E-state index contributed by atoms with van der Waals surface area (Å²) >= 11 is 0. The van der Waals surface area contributed by atoms with E-state index in [-0.39, 0.29) is 0 Å². The van der Waals surface area contributed by atoms with Gasteiger partial charge in [0.15, 0.2) is 0 Å². The number of hydrogen-bond acceptors (Lipinski definition) is 2. The maximum atomic E-state index is 5.89. The molecule has 0 amide bonds. The predicted molar refractivity (Wildman–Crippen MR) is 58.8 cm³/mol. The van der Waals surface area contributed by atoms with E-state index in [0.717, 1.165) is 16.8 Å². The zero-order chi connectivity index (χ0) is 9.97. The molecule has 1 aromatic heterocycles. The highest BCUT2D eigenvalue weighted by Gasteiger charge is 2.01. The van der Waals surface area contributed by atoms with Crippen LogP contribution in [-0.2, 0) is 0 Å². The number of benzene rings is 1. The van der Waals surface area contributed by atoms with Gasteiger partial charge < -0.3 is 5.73 Å². The van der Waals surface area contributed by atoms with Gasteiger partial charge in [-0.2, -0.15) is 0 Å². The Bertz CT molecular complexity index is 435. The molecular formula is C12H12N2. The van der Waals surface area contributed by atoms with E-state index >= 15 is 0 Å². The van der Waals surface area contributed by atoms with Crippen LogP contribution < -0.4 is 5.73 Å². The fourth-order valence-corrected chi connectivity index (χ4v) is 1.44. The summed E-state index contributed by atoms with van der Waals surface area (Å²) in [5, 5.41) is 0. The van der Waals surface area contributed by atoms with Crippen LogP contribution in [0.25, 0.3) is 11.1 Å². The number of rotatable bonds is 1. The molecule has 0 fully saturated rings. The largest absolute Gasteiger partial charge is 0.398 e. The summed E-state index contributed by atoms with van der Waals surface area (Å²) in [5.74, 6) is 0. The molecule has 2 rings (SSSR count). The first-order valence-electron chi connectivity index (χ1n) is 4.54. The van der Waals surface area contributed by atoms with Crippen LogP contribution in [0, 0.1) is 6.92 Å². The molecule has 0 saturated heterocycles. The van der Waals surface area contributed by atoms with Crippen LogP contribution in [0.1, 0.15) is 5.56 Å². The minimum Gasteiger partial charge on any atom is -0.398 e. The number of anilines is 1. The van der Waals surface area contributed by atoms with Gasteiger partial charge in [0, 0.05) is 29.2 Å². The molecule has 0 aliphatic heterocycles. The van der Waals surface area contributed by atoms with Gasteiger partial charge in [0.25, 0.3) is 0 Å². The van der Waals surface area contributed by atoms with E-state index in [4.69, 9.17) is 5.73 Å². The van der Waals surface area contributed by atoms with Crippen molar-refractivity contribution in [2.45, 2.75) is 6.92 Å². The molecule has 2 aromatic rings. The van der Waals surface area contributed by atoms with Gasteiger partial charge in [-0.25, -0.2) is 0 Å². The van der Waals surface area contributed by atoms with Crippen LogP contribution in [0.3, 0.4) is 0 Å². The second-order valence-corrected chi connectivity index (χ2v) is 3.33. The molecule has 0 spiro atoms. The van der Waals surface area contributed by atoms with E-state index in [2.05, 4.69) is 18.0 Å². The van der Waals surface area contributed by atoms with Crippen molar-refractivity contribution in [3.8, 4) is 11.1 Å². The van der Waals surface area contributed by atoms with E-state index in [1.165, 1.54) is 5.56 Å². The van der Waals surface area contributed by atoms with Gasteiger partial charge in [-0.1, -0.05) is 17.7 Å². The highest BCUT2D eigenvalue weighted by atomic mass is 14.6. The van der Waals surface area contributed by atoms with E-state index < -0.39 is 0 Å². The van der Waals surface area contributed by atoms with Crippen molar-refractivity contribution in [1.82, 2.24) is 4.98 Å². The third-order valence-electron chi connectivity index (χ3n) is 2.18. The maximum Gasteiger partial charge on any atom is 0.0394 e. The molecule has 14 heavy (non-hydrogen) atoms. The minimum absolute atomic E-state index is 0.795. The summed E-state index contributed by atoms with van der Waals surface area (Å²) in [4.78, 5) is 4.08. The number of pyridine rings is 1. The molecule has 1 aromatic carbocycles. The van der Waals surface area contributed by atoms with Crippen LogP contribution in [0.4, 0.5) is 5.69 Å². The van der Waals surface area contributed by atoms with Crippen LogP contribution in [0.2, 0.25) is 0 Å². The van der Waals surface area contributed by atoms with Crippen LogP contribution in [0.15, 0.2) is 42.7 Å². The summed E-state index contributed by atoms with van der Waals surface area (Å²) in [7, 11) is 0. The Balaban J connectivity index is 2.57. The molecule has 2 N–H and O–H groups in total. The Morgan fingerprint density at radius 1 is 1.21 bits per heavy atom. The lowest BCUT2D eigenvalue weighted by Crippen LogP contribution is -1.90. The Morgan fingerprint density at radius 2 is 2.07 bits per heavy atom. The Morgan fingerprint density at radius 3 is 2.79 bits per heavy atom. The monoisotopic (exact) mass is 184 g/mol. The molecule has 0 unspecified atom stereocenters. The fraction of sp³-hybridized carbons (Fsp3) is 0.0833. The van der Waals surface area contributed by atoms with Crippen molar-refractivity contribution >= 4 is 5.69 Å². The maximum absolute atomic E-state index is 5.89. The summed E-state index contributed by atoms with van der Waals surface area (Å²) < 4.78 is 0. The average molecular weight is 184 g/mol. The second-order valence-electron chi connectivity index (χ2n) is 3.33. The zero-order valence-corrected chi connectivity index (χ0v) is 8.07. The number of nitrogens with two attached hydrogens (primary N) is 1. The second kappa shape index (κ2) is 3.50. The van der Waals surface area contributed by atoms with E-state index in [0.29, 0.717) is 0 Å². The number of aromatic nitrogens is 1. The van der Waals surface area contributed by atoms with Crippen molar-refractivity contribution in [3.63, 3.8) is 0 Å². The zero-order valence-electron chi connectivity index (χ0n) is 8.07. The Hall–Kier alpha value is -1.83. The van der Waals surface area contributed by atoms with Crippen molar-refractivity contribution in [1.29, 1.82) is 0 Å². The molecular weight excluding hydrogens is 172 g/mol. The standard InChI is InChI=1S/C12H12N2/c1-9-4-5-12(13)11(7-9)10-3-2-6-14-8-10/h2-8H,13H2,1H3. The lowest BCUT2D eigenvalue weighted by molar-refractivity contribution is 1.33. The smallest absolute Gasteiger partial charge is 0.0394 e. The van der Waals surface area contributed by atoms with Crippen LogP contribution in [-0.4, -0.2) is 4.98 Å². The van der Waals surface area contributed by atoms with Gasteiger partial charge in [-0.15, -0.1) is 0 Å².